The van der Waals surface area contributed by atoms with Gasteiger partial charge in [-0.3, -0.25) is 9.59 Å². The Kier molecular flexibility index (Phi) is 5.41. The van der Waals surface area contributed by atoms with Crippen LogP contribution >= 0.6 is 0 Å². The number of hydrogen-bond acceptors (Lipinski definition) is 3. The van der Waals surface area contributed by atoms with Crippen LogP contribution in [0.1, 0.15) is 33.6 Å². The minimum atomic E-state index is -0.250. The van der Waals surface area contributed by atoms with Crippen LogP contribution in [0.2, 0.25) is 0 Å². The molecule has 17 heavy (non-hydrogen) atoms. The van der Waals surface area contributed by atoms with Gasteiger partial charge in [-0.1, -0.05) is 13.8 Å². The lowest BCUT2D eigenvalue weighted by atomic mass is 10.1. The van der Waals surface area contributed by atoms with E-state index in [0.29, 0.717) is 25.4 Å². The standard InChI is InChI=1S/C12H23N3O2/c1-8(2)4-5-13-12(17)9(3)15-10-6-11(16)14-7-10/h8-10,15H,4-7H2,1-3H3,(H,13,17)(H,14,16). The van der Waals surface area contributed by atoms with Gasteiger partial charge in [0, 0.05) is 25.6 Å². The molecular formula is C12H23N3O2. The summed E-state index contributed by atoms with van der Waals surface area (Å²) in [5.41, 5.74) is 0. The van der Waals surface area contributed by atoms with Gasteiger partial charge in [0.1, 0.15) is 0 Å². The monoisotopic (exact) mass is 241 g/mol. The van der Waals surface area contributed by atoms with Crippen LogP contribution in [0.4, 0.5) is 0 Å². The maximum atomic E-state index is 11.7. The Hall–Kier alpha value is -1.10. The Balaban J connectivity index is 2.20. The first-order valence-corrected chi connectivity index (χ1v) is 6.29. The Labute approximate surface area is 103 Å². The van der Waals surface area contributed by atoms with Crippen LogP contribution in [0.5, 0.6) is 0 Å². The zero-order valence-corrected chi connectivity index (χ0v) is 10.9. The SMILES string of the molecule is CC(C)CCNC(=O)C(C)NC1CNC(=O)C1. The smallest absolute Gasteiger partial charge is 0.236 e. The van der Waals surface area contributed by atoms with E-state index in [1.165, 1.54) is 0 Å². The largest absolute Gasteiger partial charge is 0.355 e. The van der Waals surface area contributed by atoms with Crippen molar-refractivity contribution in [1.82, 2.24) is 16.0 Å². The lowest BCUT2D eigenvalue weighted by Gasteiger charge is -2.18. The van der Waals surface area contributed by atoms with Gasteiger partial charge in [-0.05, 0) is 19.3 Å². The third-order valence-corrected chi connectivity index (χ3v) is 2.88. The summed E-state index contributed by atoms with van der Waals surface area (Å²) in [5, 5.41) is 8.78. The Bertz CT molecular complexity index is 279. The summed E-state index contributed by atoms with van der Waals surface area (Å²) < 4.78 is 0. The molecule has 2 amide bonds. The Morgan fingerprint density at radius 1 is 1.47 bits per heavy atom. The lowest BCUT2D eigenvalue weighted by molar-refractivity contribution is -0.123. The van der Waals surface area contributed by atoms with Gasteiger partial charge in [0.05, 0.1) is 6.04 Å². The molecule has 0 bridgehead atoms. The van der Waals surface area contributed by atoms with Crippen molar-refractivity contribution in [3.05, 3.63) is 0 Å². The number of carbonyl (C=O) groups is 2. The highest BCUT2D eigenvalue weighted by Crippen LogP contribution is 2.01. The van der Waals surface area contributed by atoms with Crippen LogP contribution in [0.3, 0.4) is 0 Å². The van der Waals surface area contributed by atoms with Crippen molar-refractivity contribution < 1.29 is 9.59 Å². The molecule has 1 rings (SSSR count). The molecule has 5 nitrogen and oxygen atoms in total. The molecule has 1 fully saturated rings. The first-order chi connectivity index (χ1) is 7.99. The molecule has 3 N–H and O–H groups in total. The van der Waals surface area contributed by atoms with Crippen molar-refractivity contribution in [3.8, 4) is 0 Å². The summed E-state index contributed by atoms with van der Waals surface area (Å²) in [6, 6.07) is -0.173. The maximum Gasteiger partial charge on any atom is 0.236 e. The highest BCUT2D eigenvalue weighted by molar-refractivity contribution is 5.82. The summed E-state index contributed by atoms with van der Waals surface area (Å²) in [5.74, 6) is 0.648. The number of amides is 2. The van der Waals surface area contributed by atoms with Crippen LogP contribution in [0.25, 0.3) is 0 Å². The lowest BCUT2D eigenvalue weighted by Crippen LogP contribution is -2.47. The first-order valence-electron chi connectivity index (χ1n) is 6.29. The van der Waals surface area contributed by atoms with Gasteiger partial charge < -0.3 is 16.0 Å². The van der Waals surface area contributed by atoms with E-state index in [0.717, 1.165) is 6.42 Å². The van der Waals surface area contributed by atoms with Gasteiger partial charge in [-0.25, -0.2) is 0 Å². The fourth-order valence-electron chi connectivity index (χ4n) is 1.79. The van der Waals surface area contributed by atoms with Gasteiger partial charge in [-0.15, -0.1) is 0 Å². The van der Waals surface area contributed by atoms with Crippen molar-refractivity contribution in [1.29, 1.82) is 0 Å². The van der Waals surface area contributed by atoms with Gasteiger partial charge in [0.15, 0.2) is 0 Å². The minimum Gasteiger partial charge on any atom is -0.355 e. The van der Waals surface area contributed by atoms with E-state index in [4.69, 9.17) is 0 Å². The van der Waals surface area contributed by atoms with Crippen molar-refractivity contribution in [2.24, 2.45) is 5.92 Å². The summed E-state index contributed by atoms with van der Waals surface area (Å²) in [6.07, 6.45) is 1.45. The molecule has 5 heteroatoms. The van der Waals surface area contributed by atoms with E-state index in [1.54, 1.807) is 0 Å². The van der Waals surface area contributed by atoms with E-state index < -0.39 is 0 Å². The third-order valence-electron chi connectivity index (χ3n) is 2.88. The average Bonchev–Trinajstić information content (AvgIpc) is 2.63. The second kappa shape index (κ2) is 6.59. The normalized spacial score (nSPS) is 21.4. The molecule has 0 radical (unpaired) electrons. The van der Waals surface area contributed by atoms with E-state index >= 15 is 0 Å². The summed E-state index contributed by atoms with van der Waals surface area (Å²) in [4.78, 5) is 22.7. The van der Waals surface area contributed by atoms with E-state index in [9.17, 15) is 9.59 Å². The van der Waals surface area contributed by atoms with E-state index in [2.05, 4.69) is 29.8 Å². The molecule has 0 aromatic rings. The molecule has 0 saturated carbocycles. The predicted molar refractivity (Wildman–Crippen MR) is 66.5 cm³/mol. The maximum absolute atomic E-state index is 11.7. The Morgan fingerprint density at radius 2 is 2.18 bits per heavy atom. The highest BCUT2D eigenvalue weighted by atomic mass is 16.2. The number of rotatable bonds is 6. The summed E-state index contributed by atoms with van der Waals surface area (Å²) in [7, 11) is 0. The molecule has 2 atom stereocenters. The Morgan fingerprint density at radius 3 is 2.71 bits per heavy atom. The van der Waals surface area contributed by atoms with Crippen LogP contribution in [-0.2, 0) is 9.59 Å². The van der Waals surface area contributed by atoms with E-state index in [-0.39, 0.29) is 23.9 Å². The van der Waals surface area contributed by atoms with Crippen LogP contribution in [0.15, 0.2) is 0 Å². The molecule has 1 aliphatic rings. The third kappa shape index (κ3) is 5.17. The number of nitrogens with one attached hydrogen (secondary N) is 3. The van der Waals surface area contributed by atoms with Gasteiger partial charge in [0.2, 0.25) is 11.8 Å². The minimum absolute atomic E-state index is 0.00463. The molecule has 1 saturated heterocycles. The molecule has 0 aliphatic carbocycles. The van der Waals surface area contributed by atoms with Crippen molar-refractivity contribution in [3.63, 3.8) is 0 Å². The average molecular weight is 241 g/mol. The molecule has 0 spiro atoms. The quantitative estimate of drug-likeness (QED) is 0.614. The number of carbonyl (C=O) groups excluding carboxylic acids is 2. The number of hydrogen-bond donors (Lipinski definition) is 3. The second-order valence-corrected chi connectivity index (χ2v) is 5.07. The predicted octanol–water partition coefficient (Wildman–Crippen LogP) is 0.0153. The van der Waals surface area contributed by atoms with Crippen molar-refractivity contribution in [2.45, 2.75) is 45.7 Å². The highest BCUT2D eigenvalue weighted by Gasteiger charge is 2.24. The molecule has 1 aliphatic heterocycles. The van der Waals surface area contributed by atoms with Crippen molar-refractivity contribution >= 4 is 11.8 Å². The van der Waals surface area contributed by atoms with Crippen LogP contribution < -0.4 is 16.0 Å². The topological polar surface area (TPSA) is 70.2 Å². The fraction of sp³-hybridized carbons (Fsp3) is 0.833. The summed E-state index contributed by atoms with van der Waals surface area (Å²) >= 11 is 0. The van der Waals surface area contributed by atoms with Crippen LogP contribution in [-0.4, -0.2) is 37.0 Å². The first kappa shape index (κ1) is 14.0. The second-order valence-electron chi connectivity index (χ2n) is 5.07. The van der Waals surface area contributed by atoms with Crippen LogP contribution in [0, 0.1) is 5.92 Å². The molecular weight excluding hydrogens is 218 g/mol. The molecule has 98 valence electrons. The fourth-order valence-corrected chi connectivity index (χ4v) is 1.79. The molecule has 2 unspecified atom stereocenters. The van der Waals surface area contributed by atoms with E-state index in [1.807, 2.05) is 6.92 Å². The van der Waals surface area contributed by atoms with Crippen molar-refractivity contribution in [2.75, 3.05) is 13.1 Å². The molecule has 0 aromatic carbocycles. The molecule has 1 heterocycles. The van der Waals surface area contributed by atoms with Gasteiger partial charge in [0.25, 0.3) is 0 Å². The zero-order valence-electron chi connectivity index (χ0n) is 10.9. The van der Waals surface area contributed by atoms with Gasteiger partial charge >= 0.3 is 0 Å². The van der Waals surface area contributed by atoms with Gasteiger partial charge in [-0.2, -0.15) is 0 Å². The summed E-state index contributed by atoms with van der Waals surface area (Å²) in [6.45, 7) is 7.41. The zero-order chi connectivity index (χ0) is 12.8. The molecule has 0 aromatic heterocycles.